The van der Waals surface area contributed by atoms with Gasteiger partial charge in [0.15, 0.2) is 5.60 Å². The summed E-state index contributed by atoms with van der Waals surface area (Å²) >= 11 is 0. The zero-order valence-electron chi connectivity index (χ0n) is 13.1. The number of carbonyl (C=O) groups excluding carboxylic acids is 1. The number of anilines is 1. The molecule has 0 aliphatic carbocycles. The Bertz CT molecular complexity index is 913. The molecule has 1 aliphatic heterocycles. The number of methoxy groups -OCH3 is 1. The number of hydrogen-bond donors (Lipinski definition) is 0. The van der Waals surface area contributed by atoms with Crippen LogP contribution in [0.1, 0.15) is 11.1 Å². The quantitative estimate of drug-likeness (QED) is 0.722. The molecule has 0 unspecified atom stereocenters. The average Bonchev–Trinajstić information content (AvgIpc) is 2.83. The van der Waals surface area contributed by atoms with Gasteiger partial charge in [0.2, 0.25) is 0 Å². The van der Waals surface area contributed by atoms with Crippen LogP contribution in [0.15, 0.2) is 66.7 Å². The fourth-order valence-electron chi connectivity index (χ4n) is 3.62. The lowest BCUT2D eigenvalue weighted by molar-refractivity contribution is -0.134. The van der Waals surface area contributed by atoms with Crippen LogP contribution in [-0.2, 0) is 15.1 Å². The summed E-state index contributed by atoms with van der Waals surface area (Å²) in [7, 11) is 3.41. The van der Waals surface area contributed by atoms with Gasteiger partial charge < -0.3 is 9.64 Å². The third kappa shape index (κ3) is 1.71. The Morgan fingerprint density at radius 1 is 0.870 bits per heavy atom. The van der Waals surface area contributed by atoms with E-state index in [2.05, 4.69) is 12.1 Å². The van der Waals surface area contributed by atoms with Gasteiger partial charge in [0.1, 0.15) is 0 Å². The van der Waals surface area contributed by atoms with Crippen LogP contribution in [0.4, 0.5) is 5.69 Å². The summed E-state index contributed by atoms with van der Waals surface area (Å²) in [6.45, 7) is 0. The molecule has 4 rings (SSSR count). The van der Waals surface area contributed by atoms with Gasteiger partial charge in [-0.15, -0.1) is 0 Å². The van der Waals surface area contributed by atoms with Crippen LogP contribution in [-0.4, -0.2) is 20.1 Å². The molecular weight excluding hydrogens is 286 g/mol. The summed E-state index contributed by atoms with van der Waals surface area (Å²) in [5.74, 6) is -0.0578. The lowest BCUT2D eigenvalue weighted by Gasteiger charge is -2.28. The fourth-order valence-corrected chi connectivity index (χ4v) is 3.62. The van der Waals surface area contributed by atoms with E-state index in [1.165, 1.54) is 0 Å². The number of likely N-dealkylation sites (N-methyl/N-ethyl adjacent to an activating group) is 1. The first-order chi connectivity index (χ1) is 11.2. The van der Waals surface area contributed by atoms with Crippen LogP contribution in [0, 0.1) is 0 Å². The summed E-state index contributed by atoms with van der Waals surface area (Å²) in [6, 6.07) is 21.9. The minimum atomic E-state index is -1.09. The molecule has 114 valence electrons. The van der Waals surface area contributed by atoms with Crippen molar-refractivity contribution in [2.45, 2.75) is 5.60 Å². The largest absolute Gasteiger partial charge is 0.359 e. The summed E-state index contributed by atoms with van der Waals surface area (Å²) in [4.78, 5) is 14.8. The van der Waals surface area contributed by atoms with Gasteiger partial charge in [0.05, 0.1) is 5.69 Å². The van der Waals surface area contributed by atoms with Crippen LogP contribution in [0.3, 0.4) is 0 Å². The Morgan fingerprint density at radius 2 is 1.52 bits per heavy atom. The number of ether oxygens (including phenoxy) is 1. The molecule has 0 N–H and O–H groups in total. The molecular formula is C20H17NO2. The zero-order chi connectivity index (χ0) is 16.0. The number of nitrogens with zero attached hydrogens (tertiary/aromatic N) is 1. The highest BCUT2D eigenvalue weighted by Crippen LogP contribution is 2.47. The van der Waals surface area contributed by atoms with E-state index < -0.39 is 5.60 Å². The van der Waals surface area contributed by atoms with Crippen molar-refractivity contribution in [3.05, 3.63) is 77.9 Å². The molecule has 0 saturated heterocycles. The van der Waals surface area contributed by atoms with Crippen molar-refractivity contribution >= 4 is 22.4 Å². The Balaban J connectivity index is 2.10. The number of fused-ring (bicyclic) bond motifs is 2. The Hall–Kier alpha value is -2.65. The second-order valence-corrected chi connectivity index (χ2v) is 5.79. The number of rotatable bonds is 2. The van der Waals surface area contributed by atoms with Gasteiger partial charge in [-0.1, -0.05) is 60.7 Å². The van der Waals surface area contributed by atoms with Crippen LogP contribution in [0.25, 0.3) is 10.8 Å². The Morgan fingerprint density at radius 3 is 2.35 bits per heavy atom. The van der Waals surface area contributed by atoms with Crippen LogP contribution in [0.2, 0.25) is 0 Å². The zero-order valence-corrected chi connectivity index (χ0v) is 13.1. The monoisotopic (exact) mass is 303 g/mol. The minimum Gasteiger partial charge on any atom is -0.359 e. The third-order valence-electron chi connectivity index (χ3n) is 4.73. The predicted octanol–water partition coefficient (Wildman–Crippen LogP) is 3.71. The van der Waals surface area contributed by atoms with Crippen molar-refractivity contribution in [1.82, 2.24) is 0 Å². The van der Waals surface area contributed by atoms with Gasteiger partial charge in [-0.05, 0) is 16.8 Å². The molecule has 1 atom stereocenters. The van der Waals surface area contributed by atoms with E-state index in [0.717, 1.165) is 27.6 Å². The number of amides is 1. The van der Waals surface area contributed by atoms with Gasteiger partial charge >= 0.3 is 0 Å². The van der Waals surface area contributed by atoms with Crippen molar-refractivity contribution in [2.24, 2.45) is 0 Å². The van der Waals surface area contributed by atoms with Crippen molar-refractivity contribution in [3.63, 3.8) is 0 Å². The topological polar surface area (TPSA) is 29.5 Å². The summed E-state index contributed by atoms with van der Waals surface area (Å²) < 4.78 is 5.91. The Labute approximate surface area is 135 Å². The first-order valence-electron chi connectivity index (χ1n) is 7.61. The highest BCUT2D eigenvalue weighted by molar-refractivity contribution is 6.11. The van der Waals surface area contributed by atoms with Crippen LogP contribution in [0.5, 0.6) is 0 Å². The summed E-state index contributed by atoms with van der Waals surface area (Å²) in [6.07, 6.45) is 0. The molecule has 1 amide bonds. The van der Waals surface area contributed by atoms with Gasteiger partial charge in [0, 0.05) is 25.3 Å². The molecule has 0 bridgehead atoms. The average molecular weight is 303 g/mol. The first kappa shape index (κ1) is 14.0. The van der Waals surface area contributed by atoms with Crippen molar-refractivity contribution in [3.8, 4) is 0 Å². The molecule has 1 heterocycles. The van der Waals surface area contributed by atoms with E-state index in [1.807, 2.05) is 54.6 Å². The second-order valence-electron chi connectivity index (χ2n) is 5.79. The molecule has 3 aromatic rings. The highest BCUT2D eigenvalue weighted by Gasteiger charge is 2.52. The molecule has 3 aromatic carbocycles. The maximum Gasteiger partial charge on any atom is 0.268 e. The highest BCUT2D eigenvalue weighted by atomic mass is 16.5. The van der Waals surface area contributed by atoms with Crippen LogP contribution >= 0.6 is 0 Å². The van der Waals surface area contributed by atoms with E-state index in [4.69, 9.17) is 4.74 Å². The predicted molar refractivity (Wildman–Crippen MR) is 91.6 cm³/mol. The minimum absolute atomic E-state index is 0.0578. The smallest absolute Gasteiger partial charge is 0.268 e. The Kier molecular flexibility index (Phi) is 3.00. The van der Waals surface area contributed by atoms with E-state index in [9.17, 15) is 4.79 Å². The molecule has 23 heavy (non-hydrogen) atoms. The van der Waals surface area contributed by atoms with E-state index >= 15 is 0 Å². The van der Waals surface area contributed by atoms with Crippen LogP contribution < -0.4 is 4.90 Å². The second kappa shape index (κ2) is 4.93. The van der Waals surface area contributed by atoms with Crippen molar-refractivity contribution in [2.75, 3.05) is 19.1 Å². The van der Waals surface area contributed by atoms with Crippen molar-refractivity contribution in [1.29, 1.82) is 0 Å². The standard InChI is InChI=1S/C20H17NO2/c1-21-18-13-6-5-11-17(18)20(23-2,19(21)22)16-12-7-9-14-8-3-4-10-15(14)16/h3-13H,1-2H3/t20-/m0/s1. The molecule has 0 aromatic heterocycles. The number of hydrogen-bond acceptors (Lipinski definition) is 2. The molecule has 0 spiro atoms. The maximum atomic E-state index is 13.2. The number of carbonyl (C=O) groups is 1. The molecule has 0 radical (unpaired) electrons. The molecule has 0 fully saturated rings. The van der Waals surface area contributed by atoms with Gasteiger partial charge in [-0.3, -0.25) is 4.79 Å². The fraction of sp³-hybridized carbons (Fsp3) is 0.150. The summed E-state index contributed by atoms with van der Waals surface area (Å²) in [5.41, 5.74) is 1.59. The summed E-state index contributed by atoms with van der Waals surface area (Å²) in [5, 5.41) is 2.14. The normalized spacial score (nSPS) is 20.1. The molecule has 1 aliphatic rings. The van der Waals surface area contributed by atoms with E-state index in [0.29, 0.717) is 0 Å². The van der Waals surface area contributed by atoms with E-state index in [1.54, 1.807) is 19.1 Å². The van der Waals surface area contributed by atoms with Crippen molar-refractivity contribution < 1.29 is 9.53 Å². The SMILES string of the molecule is CO[C@]1(c2cccc3ccccc23)C(=O)N(C)c2ccccc21. The number of benzene rings is 3. The third-order valence-corrected chi connectivity index (χ3v) is 4.73. The van der Waals surface area contributed by atoms with Gasteiger partial charge in [-0.25, -0.2) is 0 Å². The lowest BCUT2D eigenvalue weighted by atomic mass is 9.84. The maximum absolute atomic E-state index is 13.2. The van der Waals surface area contributed by atoms with Gasteiger partial charge in [0.25, 0.3) is 5.91 Å². The number of para-hydroxylation sites is 1. The first-order valence-corrected chi connectivity index (χ1v) is 7.61. The lowest BCUT2D eigenvalue weighted by Crippen LogP contribution is -2.41. The van der Waals surface area contributed by atoms with E-state index in [-0.39, 0.29) is 5.91 Å². The molecule has 3 nitrogen and oxygen atoms in total. The van der Waals surface area contributed by atoms with Gasteiger partial charge in [-0.2, -0.15) is 0 Å². The molecule has 0 saturated carbocycles. The molecule has 3 heteroatoms.